The molecule has 0 aromatic heterocycles. The number of ether oxygens (including phenoxy) is 4. The van der Waals surface area contributed by atoms with Crippen LogP contribution in [0.4, 0.5) is 4.79 Å². The van der Waals surface area contributed by atoms with Crippen LogP contribution in [-0.4, -0.2) is 31.9 Å². The molecule has 1 N–H and O–H groups in total. The van der Waals surface area contributed by atoms with Crippen molar-refractivity contribution in [2.24, 2.45) is 0 Å². The Balaban J connectivity index is 1.80. The number of hydrogen-bond donors (Lipinski definition) is 1. The fourth-order valence-electron chi connectivity index (χ4n) is 3.48. The third kappa shape index (κ3) is 7.24. The Hall–Kier alpha value is -4.00. The van der Waals surface area contributed by atoms with Gasteiger partial charge in [0.25, 0.3) is 0 Å². The molecule has 35 heavy (non-hydrogen) atoms. The zero-order valence-corrected chi connectivity index (χ0v) is 20.7. The molecule has 0 saturated heterocycles. The summed E-state index contributed by atoms with van der Waals surface area (Å²) in [6.07, 6.45) is -0.504. The van der Waals surface area contributed by atoms with E-state index >= 15 is 0 Å². The van der Waals surface area contributed by atoms with Gasteiger partial charge in [-0.15, -0.1) is 0 Å². The third-order valence-electron chi connectivity index (χ3n) is 5.06. The number of nitrogens with one attached hydrogen (secondary N) is 1. The molecule has 0 aliphatic carbocycles. The van der Waals surface area contributed by atoms with Gasteiger partial charge >= 0.3 is 12.1 Å². The van der Waals surface area contributed by atoms with Crippen LogP contribution in [0.15, 0.2) is 72.8 Å². The summed E-state index contributed by atoms with van der Waals surface area (Å²) in [6.45, 7) is 5.73. The first-order valence-electron chi connectivity index (χ1n) is 11.2. The number of hydrogen-bond acceptors (Lipinski definition) is 6. The fourth-order valence-corrected chi connectivity index (χ4v) is 3.48. The van der Waals surface area contributed by atoms with E-state index in [2.05, 4.69) is 5.32 Å². The largest absolute Gasteiger partial charge is 0.496 e. The second-order valence-electron chi connectivity index (χ2n) is 8.88. The van der Waals surface area contributed by atoms with Crippen LogP contribution in [0.1, 0.15) is 53.9 Å². The molecule has 0 heterocycles. The maximum atomic E-state index is 12.6. The van der Waals surface area contributed by atoms with Gasteiger partial charge in [0.2, 0.25) is 0 Å². The lowest BCUT2D eigenvalue weighted by atomic mass is 9.98. The van der Waals surface area contributed by atoms with Gasteiger partial charge in [-0.1, -0.05) is 48.5 Å². The smallest absolute Gasteiger partial charge is 0.408 e. The molecule has 0 fully saturated rings. The van der Waals surface area contributed by atoms with Gasteiger partial charge in [0.15, 0.2) is 0 Å². The van der Waals surface area contributed by atoms with Crippen LogP contribution in [0, 0.1) is 0 Å². The van der Waals surface area contributed by atoms with E-state index in [1.807, 2.05) is 75.4 Å². The van der Waals surface area contributed by atoms with E-state index in [1.165, 1.54) is 14.2 Å². The van der Waals surface area contributed by atoms with E-state index in [0.29, 0.717) is 17.1 Å². The minimum absolute atomic E-state index is 0.261. The highest BCUT2D eigenvalue weighted by Gasteiger charge is 2.22. The minimum atomic E-state index is -0.610. The van der Waals surface area contributed by atoms with E-state index < -0.39 is 23.7 Å². The Bertz CT molecular complexity index is 1150. The van der Waals surface area contributed by atoms with Gasteiger partial charge in [-0.2, -0.15) is 0 Å². The van der Waals surface area contributed by atoms with E-state index in [-0.39, 0.29) is 6.61 Å². The van der Waals surface area contributed by atoms with Crippen molar-refractivity contribution in [1.82, 2.24) is 5.32 Å². The molecule has 0 bridgehead atoms. The first-order chi connectivity index (χ1) is 16.7. The highest BCUT2D eigenvalue weighted by molar-refractivity contribution is 5.92. The van der Waals surface area contributed by atoms with Crippen molar-refractivity contribution in [3.05, 3.63) is 95.1 Å². The predicted octanol–water partition coefficient (Wildman–Crippen LogP) is 5.67. The summed E-state index contributed by atoms with van der Waals surface area (Å²) in [5.74, 6) is 0.578. The van der Waals surface area contributed by atoms with Gasteiger partial charge in [0.1, 0.15) is 29.3 Å². The van der Waals surface area contributed by atoms with Crippen molar-refractivity contribution in [3.63, 3.8) is 0 Å². The lowest BCUT2D eigenvalue weighted by Crippen LogP contribution is -2.35. The number of amides is 1. The van der Waals surface area contributed by atoms with Crippen molar-refractivity contribution in [1.29, 1.82) is 0 Å². The summed E-state index contributed by atoms with van der Waals surface area (Å²) in [5.41, 5.74) is 2.32. The Morgan fingerprint density at radius 3 is 2.26 bits per heavy atom. The number of benzene rings is 3. The lowest BCUT2D eigenvalue weighted by Gasteiger charge is -2.24. The standard InChI is InChI=1S/C28H31NO6/c1-28(2,3)35-27(31)29-25(20-10-7-6-8-11-20)21-12-9-13-22(17-21)34-18-19-14-15-23(26(30)33-5)24(16-19)32-4/h6-17,25H,18H2,1-5H3,(H,29,31). The summed E-state index contributed by atoms with van der Waals surface area (Å²) in [7, 11) is 2.82. The molecule has 0 radical (unpaired) electrons. The molecule has 1 atom stereocenters. The van der Waals surface area contributed by atoms with Gasteiger partial charge in [0.05, 0.1) is 20.3 Å². The number of carbonyl (C=O) groups excluding carboxylic acids is 2. The zero-order chi connectivity index (χ0) is 25.4. The van der Waals surface area contributed by atoms with Gasteiger partial charge in [-0.05, 0) is 61.7 Å². The second kappa shape index (κ2) is 11.4. The topological polar surface area (TPSA) is 83.1 Å². The zero-order valence-electron chi connectivity index (χ0n) is 20.7. The first-order valence-corrected chi connectivity index (χ1v) is 11.2. The first kappa shape index (κ1) is 25.6. The lowest BCUT2D eigenvalue weighted by molar-refractivity contribution is 0.0511. The van der Waals surface area contributed by atoms with E-state index in [0.717, 1.165) is 16.7 Å². The normalized spacial score (nSPS) is 11.8. The van der Waals surface area contributed by atoms with Crippen molar-refractivity contribution in [2.75, 3.05) is 14.2 Å². The molecule has 184 valence electrons. The molecule has 0 aliphatic rings. The molecule has 3 rings (SSSR count). The summed E-state index contributed by atoms with van der Waals surface area (Å²) >= 11 is 0. The quantitative estimate of drug-likeness (QED) is 0.421. The molecule has 7 heteroatoms. The van der Waals surface area contributed by atoms with E-state index in [4.69, 9.17) is 18.9 Å². The average Bonchev–Trinajstić information content (AvgIpc) is 2.85. The molecule has 1 amide bonds. The molecule has 7 nitrogen and oxygen atoms in total. The number of esters is 1. The summed E-state index contributed by atoms with van der Waals surface area (Å²) < 4.78 is 21.6. The highest BCUT2D eigenvalue weighted by atomic mass is 16.6. The number of methoxy groups -OCH3 is 2. The van der Waals surface area contributed by atoms with E-state index in [9.17, 15) is 9.59 Å². The third-order valence-corrected chi connectivity index (χ3v) is 5.06. The van der Waals surface area contributed by atoms with Crippen LogP contribution in [0.25, 0.3) is 0 Å². The molecular formula is C28H31NO6. The molecule has 0 spiro atoms. The van der Waals surface area contributed by atoms with Crippen LogP contribution in [0.2, 0.25) is 0 Å². The van der Waals surface area contributed by atoms with Crippen LogP contribution >= 0.6 is 0 Å². The Morgan fingerprint density at radius 1 is 0.886 bits per heavy atom. The van der Waals surface area contributed by atoms with Crippen molar-refractivity contribution in [3.8, 4) is 11.5 Å². The number of alkyl carbamates (subject to hydrolysis) is 1. The molecule has 3 aromatic rings. The van der Waals surface area contributed by atoms with Gasteiger partial charge in [-0.25, -0.2) is 9.59 Å². The van der Waals surface area contributed by atoms with Crippen molar-refractivity contribution >= 4 is 12.1 Å². The second-order valence-corrected chi connectivity index (χ2v) is 8.88. The van der Waals surface area contributed by atoms with Crippen LogP contribution in [0.3, 0.4) is 0 Å². The molecule has 0 aliphatic heterocycles. The highest BCUT2D eigenvalue weighted by Crippen LogP contribution is 2.27. The summed E-state index contributed by atoms with van der Waals surface area (Å²) in [5, 5.41) is 2.97. The van der Waals surface area contributed by atoms with Crippen LogP contribution in [-0.2, 0) is 16.1 Å². The molecule has 3 aromatic carbocycles. The molecule has 1 unspecified atom stereocenters. The van der Waals surface area contributed by atoms with Crippen molar-refractivity contribution in [2.45, 2.75) is 39.0 Å². The van der Waals surface area contributed by atoms with Crippen LogP contribution in [0.5, 0.6) is 11.5 Å². The van der Waals surface area contributed by atoms with Gasteiger partial charge in [0, 0.05) is 0 Å². The van der Waals surface area contributed by atoms with Gasteiger partial charge < -0.3 is 24.3 Å². The average molecular weight is 478 g/mol. The predicted molar refractivity (Wildman–Crippen MR) is 133 cm³/mol. The fraction of sp³-hybridized carbons (Fsp3) is 0.286. The number of carbonyl (C=O) groups is 2. The Labute approximate surface area is 206 Å². The maximum absolute atomic E-state index is 12.6. The monoisotopic (exact) mass is 477 g/mol. The summed E-state index contributed by atoms with van der Waals surface area (Å²) in [4.78, 5) is 24.4. The minimum Gasteiger partial charge on any atom is -0.496 e. The van der Waals surface area contributed by atoms with E-state index in [1.54, 1.807) is 18.2 Å². The summed E-state index contributed by atoms with van der Waals surface area (Å²) in [6, 6.07) is 22.0. The maximum Gasteiger partial charge on any atom is 0.408 e. The SMILES string of the molecule is COC(=O)c1ccc(COc2cccc(C(NC(=O)OC(C)(C)C)c3ccccc3)c2)cc1OC. The molecule has 0 saturated carbocycles. The van der Waals surface area contributed by atoms with Crippen molar-refractivity contribution < 1.29 is 28.5 Å². The van der Waals surface area contributed by atoms with Crippen LogP contribution < -0.4 is 14.8 Å². The van der Waals surface area contributed by atoms with Gasteiger partial charge in [-0.3, -0.25) is 0 Å². The number of rotatable bonds is 8. The Kier molecular flexibility index (Phi) is 8.36. The Morgan fingerprint density at radius 2 is 1.60 bits per heavy atom. The molecular weight excluding hydrogens is 446 g/mol.